The Morgan fingerprint density at radius 3 is 2.81 bits per heavy atom. The fraction of sp³-hybridized carbons (Fsp3) is 0.357. The molecule has 0 bridgehead atoms. The number of nitrogen functional groups attached to an aromatic ring is 1. The van der Waals surface area contributed by atoms with Gasteiger partial charge < -0.3 is 10.3 Å². The summed E-state index contributed by atoms with van der Waals surface area (Å²) in [6.07, 6.45) is 5.76. The van der Waals surface area contributed by atoms with E-state index in [2.05, 4.69) is 20.4 Å². The zero-order chi connectivity index (χ0) is 14.7. The average Bonchev–Trinajstić information content (AvgIpc) is 3.04. The minimum absolute atomic E-state index is 0.0986. The van der Waals surface area contributed by atoms with Crippen LogP contribution < -0.4 is 21.7 Å². The number of hydrogen-bond acceptors (Lipinski definition) is 6. The molecule has 0 unspecified atom stereocenters. The van der Waals surface area contributed by atoms with Crippen LogP contribution in [0.3, 0.4) is 0 Å². The van der Waals surface area contributed by atoms with Gasteiger partial charge in [-0.05, 0) is 30.5 Å². The summed E-state index contributed by atoms with van der Waals surface area (Å²) in [5.41, 5.74) is 4.22. The monoisotopic (exact) mass is 286 g/mol. The topological polar surface area (TPSA) is 89.1 Å². The summed E-state index contributed by atoms with van der Waals surface area (Å²) in [6, 6.07) is 5.29. The minimum atomic E-state index is -0.0986. The van der Waals surface area contributed by atoms with Gasteiger partial charge in [-0.1, -0.05) is 0 Å². The summed E-state index contributed by atoms with van der Waals surface area (Å²) in [7, 11) is 0. The Morgan fingerprint density at radius 2 is 2.10 bits per heavy atom. The van der Waals surface area contributed by atoms with Gasteiger partial charge in [-0.15, -0.1) is 0 Å². The van der Waals surface area contributed by atoms with Crippen LogP contribution in [0.5, 0.6) is 0 Å². The highest BCUT2D eigenvalue weighted by Crippen LogP contribution is 2.17. The second-order valence-corrected chi connectivity index (χ2v) is 5.10. The molecule has 2 aromatic rings. The lowest BCUT2D eigenvalue weighted by Gasteiger charge is -2.17. The molecule has 110 valence electrons. The first-order valence-corrected chi connectivity index (χ1v) is 7.00. The van der Waals surface area contributed by atoms with Crippen molar-refractivity contribution in [2.45, 2.75) is 19.4 Å². The SMILES string of the molecule is NNc1cc(Cn2ncc(N3CCCC3)cc2=O)ccn1. The summed E-state index contributed by atoms with van der Waals surface area (Å²) in [6.45, 7) is 2.40. The Kier molecular flexibility index (Phi) is 3.83. The van der Waals surface area contributed by atoms with Gasteiger partial charge in [0.1, 0.15) is 5.82 Å². The van der Waals surface area contributed by atoms with Crippen LogP contribution >= 0.6 is 0 Å². The maximum atomic E-state index is 12.2. The molecule has 0 amide bonds. The van der Waals surface area contributed by atoms with E-state index in [0.717, 1.165) is 24.3 Å². The van der Waals surface area contributed by atoms with Crippen molar-refractivity contribution in [3.05, 3.63) is 46.5 Å². The highest BCUT2D eigenvalue weighted by molar-refractivity contribution is 5.43. The Bertz CT molecular complexity index is 677. The van der Waals surface area contributed by atoms with Crippen molar-refractivity contribution in [2.75, 3.05) is 23.4 Å². The zero-order valence-corrected chi connectivity index (χ0v) is 11.7. The molecule has 7 nitrogen and oxygen atoms in total. The summed E-state index contributed by atoms with van der Waals surface area (Å²) < 4.78 is 1.44. The molecule has 1 fully saturated rings. The van der Waals surface area contributed by atoms with E-state index in [4.69, 9.17) is 5.84 Å². The molecule has 0 atom stereocenters. The number of pyridine rings is 1. The molecule has 1 aliphatic rings. The van der Waals surface area contributed by atoms with Gasteiger partial charge in [0, 0.05) is 25.4 Å². The number of hydrazine groups is 1. The molecule has 0 radical (unpaired) electrons. The molecule has 1 saturated heterocycles. The smallest absolute Gasteiger partial charge is 0.269 e. The van der Waals surface area contributed by atoms with Crippen molar-refractivity contribution in [1.29, 1.82) is 0 Å². The van der Waals surface area contributed by atoms with E-state index in [-0.39, 0.29) is 5.56 Å². The first-order valence-electron chi connectivity index (χ1n) is 7.00. The highest BCUT2D eigenvalue weighted by Gasteiger charge is 2.13. The summed E-state index contributed by atoms with van der Waals surface area (Å²) in [4.78, 5) is 18.4. The van der Waals surface area contributed by atoms with Crippen LogP contribution in [0, 0.1) is 0 Å². The maximum absolute atomic E-state index is 12.2. The predicted molar refractivity (Wildman–Crippen MR) is 81.1 cm³/mol. The van der Waals surface area contributed by atoms with E-state index >= 15 is 0 Å². The van der Waals surface area contributed by atoms with Crippen molar-refractivity contribution in [2.24, 2.45) is 5.84 Å². The first-order chi connectivity index (χ1) is 10.3. The highest BCUT2D eigenvalue weighted by atomic mass is 16.1. The van der Waals surface area contributed by atoms with Crippen molar-refractivity contribution >= 4 is 11.5 Å². The van der Waals surface area contributed by atoms with E-state index in [0.29, 0.717) is 12.4 Å². The molecule has 1 aliphatic heterocycles. The normalized spacial score (nSPS) is 14.4. The number of nitrogens with zero attached hydrogens (tertiary/aromatic N) is 4. The van der Waals surface area contributed by atoms with Crippen LogP contribution in [0.15, 0.2) is 35.4 Å². The third-order valence-electron chi connectivity index (χ3n) is 3.63. The Balaban J connectivity index is 1.80. The minimum Gasteiger partial charge on any atom is -0.370 e. The van der Waals surface area contributed by atoms with E-state index in [1.165, 1.54) is 17.5 Å². The molecule has 0 aromatic carbocycles. The number of anilines is 2. The lowest BCUT2D eigenvalue weighted by atomic mass is 10.2. The third-order valence-corrected chi connectivity index (χ3v) is 3.63. The van der Waals surface area contributed by atoms with Gasteiger partial charge in [-0.2, -0.15) is 5.10 Å². The Labute approximate surface area is 122 Å². The second-order valence-electron chi connectivity index (χ2n) is 5.10. The van der Waals surface area contributed by atoms with Crippen LogP contribution in [0.25, 0.3) is 0 Å². The second kappa shape index (κ2) is 5.92. The average molecular weight is 286 g/mol. The molecule has 7 heteroatoms. The van der Waals surface area contributed by atoms with Crippen LogP contribution in [0.1, 0.15) is 18.4 Å². The summed E-state index contributed by atoms with van der Waals surface area (Å²) in [5, 5.41) is 4.26. The van der Waals surface area contributed by atoms with E-state index in [1.807, 2.05) is 6.07 Å². The molecule has 0 aliphatic carbocycles. The number of hydrogen-bond donors (Lipinski definition) is 2. The molecule has 2 aromatic heterocycles. The maximum Gasteiger partial charge on any atom is 0.269 e. The van der Waals surface area contributed by atoms with Crippen LogP contribution in [0.2, 0.25) is 0 Å². The molecule has 3 rings (SSSR count). The molecule has 0 spiro atoms. The Morgan fingerprint density at radius 1 is 1.29 bits per heavy atom. The fourth-order valence-electron chi connectivity index (χ4n) is 2.52. The summed E-state index contributed by atoms with van der Waals surface area (Å²) in [5.74, 6) is 5.89. The molecule has 3 heterocycles. The molecule has 21 heavy (non-hydrogen) atoms. The number of nitrogens with one attached hydrogen (secondary N) is 1. The number of aromatic nitrogens is 3. The van der Waals surface area contributed by atoms with E-state index < -0.39 is 0 Å². The third kappa shape index (κ3) is 3.03. The van der Waals surface area contributed by atoms with Crippen molar-refractivity contribution in [3.8, 4) is 0 Å². The lowest BCUT2D eigenvalue weighted by molar-refractivity contribution is 0.637. The van der Waals surface area contributed by atoms with Crippen molar-refractivity contribution < 1.29 is 0 Å². The molecular formula is C14H18N6O. The van der Waals surface area contributed by atoms with E-state index in [1.54, 1.807) is 24.5 Å². The van der Waals surface area contributed by atoms with Gasteiger partial charge in [0.05, 0.1) is 18.4 Å². The van der Waals surface area contributed by atoms with Crippen molar-refractivity contribution in [3.63, 3.8) is 0 Å². The lowest BCUT2D eigenvalue weighted by Crippen LogP contribution is -2.26. The van der Waals surface area contributed by atoms with Crippen LogP contribution in [-0.2, 0) is 6.54 Å². The molecule has 3 N–H and O–H groups in total. The van der Waals surface area contributed by atoms with Crippen LogP contribution in [-0.4, -0.2) is 27.9 Å². The molecular weight excluding hydrogens is 268 g/mol. The predicted octanol–water partition coefficient (Wildman–Crippen LogP) is 0.572. The first kappa shape index (κ1) is 13.6. The standard InChI is InChI=1S/C14H18N6O/c15-18-13-7-11(3-4-16-13)10-20-14(21)8-12(9-17-20)19-5-1-2-6-19/h3-4,7-9H,1-2,5-6,10,15H2,(H,16,18). The van der Waals surface area contributed by atoms with Crippen molar-refractivity contribution in [1.82, 2.24) is 14.8 Å². The number of nitrogens with two attached hydrogens (primary N) is 1. The van der Waals surface area contributed by atoms with Gasteiger partial charge in [-0.25, -0.2) is 15.5 Å². The van der Waals surface area contributed by atoms with Gasteiger partial charge in [-0.3, -0.25) is 4.79 Å². The van der Waals surface area contributed by atoms with Gasteiger partial charge in [0.15, 0.2) is 0 Å². The number of rotatable bonds is 4. The van der Waals surface area contributed by atoms with Gasteiger partial charge in [0.25, 0.3) is 5.56 Å². The zero-order valence-electron chi connectivity index (χ0n) is 11.7. The quantitative estimate of drug-likeness (QED) is 0.631. The Hall–Kier alpha value is -2.41. The van der Waals surface area contributed by atoms with Gasteiger partial charge in [0.2, 0.25) is 0 Å². The largest absolute Gasteiger partial charge is 0.370 e. The molecule has 0 saturated carbocycles. The fourth-order valence-corrected chi connectivity index (χ4v) is 2.52. The summed E-state index contributed by atoms with van der Waals surface area (Å²) >= 11 is 0. The van der Waals surface area contributed by atoms with Gasteiger partial charge >= 0.3 is 0 Å². The van der Waals surface area contributed by atoms with Crippen LogP contribution in [0.4, 0.5) is 11.5 Å². The van der Waals surface area contributed by atoms with E-state index in [9.17, 15) is 4.79 Å².